The molecule has 6 rings (SSSR count). The van der Waals surface area contributed by atoms with Crippen LogP contribution in [0.4, 0.5) is 5.69 Å². The summed E-state index contributed by atoms with van der Waals surface area (Å²) >= 11 is 1.53. The van der Waals surface area contributed by atoms with Crippen molar-refractivity contribution < 1.29 is 18.0 Å². The molecule has 4 unspecified atom stereocenters. The number of amides is 2. The molecule has 0 aromatic heterocycles. The third-order valence-corrected chi connectivity index (χ3v) is 11.3. The Labute approximate surface area is 179 Å². The van der Waals surface area contributed by atoms with E-state index in [1.165, 1.54) is 23.6 Å². The Morgan fingerprint density at radius 2 is 1.83 bits per heavy atom. The highest BCUT2D eigenvalue weighted by molar-refractivity contribution is 8.02. The van der Waals surface area contributed by atoms with Crippen molar-refractivity contribution in [2.24, 2.45) is 0 Å². The van der Waals surface area contributed by atoms with Crippen molar-refractivity contribution in [3.63, 3.8) is 0 Å². The van der Waals surface area contributed by atoms with Crippen molar-refractivity contribution in [3.8, 4) is 0 Å². The first-order valence-electron chi connectivity index (χ1n) is 10.1. The largest absolute Gasteiger partial charge is 0.294 e. The minimum atomic E-state index is -4.03. The summed E-state index contributed by atoms with van der Waals surface area (Å²) in [5.41, 5.74) is 0.738. The van der Waals surface area contributed by atoms with Crippen LogP contribution < -0.4 is 4.90 Å². The van der Waals surface area contributed by atoms with E-state index in [1.54, 1.807) is 0 Å². The minimum Gasteiger partial charge on any atom is -0.294 e. The van der Waals surface area contributed by atoms with E-state index < -0.39 is 26.2 Å². The van der Waals surface area contributed by atoms with Gasteiger partial charge in [0.05, 0.1) is 0 Å². The number of hydrogen-bond acceptors (Lipinski definition) is 5. The molecule has 8 heteroatoms. The fourth-order valence-corrected chi connectivity index (χ4v) is 11.4. The highest BCUT2D eigenvalue weighted by atomic mass is 32.2. The van der Waals surface area contributed by atoms with Gasteiger partial charge in [-0.25, -0.2) is 12.7 Å². The Morgan fingerprint density at radius 3 is 2.57 bits per heavy atom. The number of carbonyl (C=O) groups excluding carboxylic acids is 2. The number of anilines is 1. The number of nitrogens with zero attached hydrogens (tertiary/aromatic N) is 2. The second-order valence-corrected chi connectivity index (χ2v) is 11.5. The SMILES string of the molecule is CCCN1C(=O)C23C(c4ccccc4N2C(C)=O)C2Sc4ccccc4C23S1(=O)=O. The molecule has 3 aliphatic heterocycles. The summed E-state index contributed by atoms with van der Waals surface area (Å²) in [6, 6.07) is 14.9. The number of hydrogen-bond donors (Lipinski definition) is 0. The molecular formula is C22H20N2O4S2. The smallest absolute Gasteiger partial charge is 0.265 e. The van der Waals surface area contributed by atoms with Crippen molar-refractivity contribution in [3.05, 3.63) is 59.7 Å². The first-order valence-corrected chi connectivity index (χ1v) is 12.4. The van der Waals surface area contributed by atoms with Crippen LogP contribution in [0.5, 0.6) is 0 Å². The van der Waals surface area contributed by atoms with Gasteiger partial charge < -0.3 is 0 Å². The minimum absolute atomic E-state index is 0.124. The molecule has 2 aromatic carbocycles. The Hall–Kier alpha value is -2.32. The van der Waals surface area contributed by atoms with Crippen LogP contribution in [0.3, 0.4) is 0 Å². The zero-order chi connectivity index (χ0) is 21.1. The van der Waals surface area contributed by atoms with Gasteiger partial charge in [-0.15, -0.1) is 11.8 Å². The second kappa shape index (κ2) is 5.48. The number of fused-ring (bicyclic) bond motifs is 4. The molecule has 4 aliphatic rings. The molecule has 2 spiro atoms. The van der Waals surface area contributed by atoms with E-state index >= 15 is 0 Å². The van der Waals surface area contributed by atoms with Crippen LogP contribution in [0.15, 0.2) is 53.4 Å². The quantitative estimate of drug-likeness (QED) is 0.718. The number of para-hydroxylation sites is 1. The zero-order valence-corrected chi connectivity index (χ0v) is 18.2. The summed E-state index contributed by atoms with van der Waals surface area (Å²) in [7, 11) is -4.03. The first-order chi connectivity index (χ1) is 14.4. The first kappa shape index (κ1) is 18.4. The van der Waals surface area contributed by atoms with Gasteiger partial charge in [0.25, 0.3) is 15.9 Å². The predicted octanol–water partition coefficient (Wildman–Crippen LogP) is 2.84. The molecule has 6 nitrogen and oxygen atoms in total. The Morgan fingerprint density at radius 1 is 1.13 bits per heavy atom. The summed E-state index contributed by atoms with van der Waals surface area (Å²) < 4.78 is 27.9. The Balaban J connectivity index is 1.76. The molecule has 2 aromatic rings. The van der Waals surface area contributed by atoms with Crippen LogP contribution in [0.1, 0.15) is 37.3 Å². The van der Waals surface area contributed by atoms with Gasteiger partial charge in [-0.2, -0.15) is 0 Å². The maximum absolute atomic E-state index is 14.1. The van der Waals surface area contributed by atoms with Crippen molar-refractivity contribution in [1.82, 2.24) is 4.31 Å². The molecule has 1 aliphatic carbocycles. The summed E-state index contributed by atoms with van der Waals surface area (Å²) in [6.07, 6.45) is 0.522. The highest BCUT2D eigenvalue weighted by Crippen LogP contribution is 2.80. The molecule has 30 heavy (non-hydrogen) atoms. The van der Waals surface area contributed by atoms with Crippen LogP contribution in [0, 0.1) is 0 Å². The lowest BCUT2D eigenvalue weighted by Gasteiger charge is -2.58. The molecule has 0 bridgehead atoms. The average molecular weight is 441 g/mol. The van der Waals surface area contributed by atoms with E-state index in [4.69, 9.17) is 0 Å². The van der Waals surface area contributed by atoms with Crippen LogP contribution in [-0.4, -0.2) is 41.9 Å². The molecule has 0 radical (unpaired) electrons. The van der Waals surface area contributed by atoms with E-state index in [-0.39, 0.29) is 23.6 Å². The fourth-order valence-electron chi connectivity index (χ4n) is 6.35. The van der Waals surface area contributed by atoms with Crippen LogP contribution in [0.25, 0.3) is 0 Å². The van der Waals surface area contributed by atoms with Gasteiger partial charge >= 0.3 is 0 Å². The molecule has 3 heterocycles. The lowest BCUT2D eigenvalue weighted by molar-refractivity contribution is -0.137. The third-order valence-electron chi connectivity index (χ3n) is 7.12. The van der Waals surface area contributed by atoms with Gasteiger partial charge in [0.1, 0.15) is 0 Å². The maximum atomic E-state index is 14.1. The summed E-state index contributed by atoms with van der Waals surface area (Å²) in [4.78, 5) is 29.4. The number of sulfonamides is 1. The van der Waals surface area contributed by atoms with Crippen molar-refractivity contribution in [2.45, 2.75) is 46.6 Å². The monoisotopic (exact) mass is 440 g/mol. The van der Waals surface area contributed by atoms with Crippen molar-refractivity contribution in [2.75, 3.05) is 11.4 Å². The second-order valence-electron chi connectivity index (χ2n) is 8.31. The van der Waals surface area contributed by atoms with E-state index in [2.05, 4.69) is 0 Å². The summed E-state index contributed by atoms with van der Waals surface area (Å²) in [5.74, 6) is -1.13. The normalized spacial score (nSPS) is 34.0. The topological polar surface area (TPSA) is 74.8 Å². The van der Waals surface area contributed by atoms with Gasteiger partial charge in [-0.05, 0) is 29.7 Å². The lowest BCUT2D eigenvalue weighted by Crippen LogP contribution is -2.78. The maximum Gasteiger partial charge on any atom is 0.265 e. The van der Waals surface area contributed by atoms with Crippen LogP contribution >= 0.6 is 11.8 Å². The van der Waals surface area contributed by atoms with Crippen LogP contribution in [-0.2, 0) is 24.4 Å². The number of thioether (sulfide) groups is 1. The molecule has 2 fully saturated rings. The van der Waals surface area contributed by atoms with E-state index in [0.717, 1.165) is 14.8 Å². The molecule has 0 N–H and O–H groups in total. The summed E-state index contributed by atoms with van der Waals surface area (Å²) in [6.45, 7) is 3.40. The number of rotatable bonds is 2. The van der Waals surface area contributed by atoms with Crippen LogP contribution in [0.2, 0.25) is 0 Å². The molecule has 4 atom stereocenters. The van der Waals surface area contributed by atoms with E-state index in [0.29, 0.717) is 17.7 Å². The predicted molar refractivity (Wildman–Crippen MR) is 114 cm³/mol. The molecule has 1 saturated carbocycles. The van der Waals surface area contributed by atoms with Gasteiger partial charge in [-0.3, -0.25) is 14.5 Å². The van der Waals surface area contributed by atoms with Crippen molar-refractivity contribution >= 4 is 39.3 Å². The number of benzene rings is 2. The Bertz CT molecular complexity index is 1260. The Kier molecular flexibility index (Phi) is 3.37. The van der Waals surface area contributed by atoms with Gasteiger partial charge in [0.2, 0.25) is 5.91 Å². The van der Waals surface area contributed by atoms with E-state index in [9.17, 15) is 18.0 Å². The third kappa shape index (κ3) is 1.54. The van der Waals surface area contributed by atoms with Gasteiger partial charge in [-0.1, -0.05) is 43.3 Å². The summed E-state index contributed by atoms with van der Waals surface area (Å²) in [5, 5.41) is -0.351. The average Bonchev–Trinajstić information content (AvgIpc) is 3.20. The molecule has 154 valence electrons. The van der Waals surface area contributed by atoms with Gasteiger partial charge in [0.15, 0.2) is 10.3 Å². The number of carbonyl (C=O) groups is 2. The fraction of sp³-hybridized carbons (Fsp3) is 0.364. The van der Waals surface area contributed by atoms with Crippen molar-refractivity contribution in [1.29, 1.82) is 0 Å². The zero-order valence-electron chi connectivity index (χ0n) is 16.5. The molecular weight excluding hydrogens is 420 g/mol. The highest BCUT2D eigenvalue weighted by Gasteiger charge is 2.93. The molecule has 1 saturated heterocycles. The molecule has 2 amide bonds. The van der Waals surface area contributed by atoms with Gasteiger partial charge in [0, 0.05) is 35.2 Å². The standard InChI is InChI=1S/C22H20N2O4S2/c1-3-12-23-20(26)21-18(14-8-4-6-10-16(14)24(21)13(2)25)19-22(21,30(23,27)28)15-9-5-7-11-17(15)29-19/h4-11,18-19H,3,12H2,1-2H3. The van der Waals surface area contributed by atoms with E-state index in [1.807, 2.05) is 55.5 Å². The lowest BCUT2D eigenvalue weighted by atomic mass is 9.54.